The molecular formula is C28H31F2N5O3. The molecule has 2 N–H and O–H groups in total. The van der Waals surface area contributed by atoms with Gasteiger partial charge in [0.2, 0.25) is 0 Å². The van der Waals surface area contributed by atoms with Crippen LogP contribution < -0.4 is 10.5 Å². The molecule has 10 heteroatoms. The first-order valence-corrected chi connectivity index (χ1v) is 12.5. The zero-order chi connectivity index (χ0) is 27.5. The number of ether oxygens (including phenoxy) is 2. The van der Waals surface area contributed by atoms with E-state index >= 15 is 0 Å². The van der Waals surface area contributed by atoms with Gasteiger partial charge in [-0.15, -0.1) is 6.58 Å². The first-order valence-electron chi connectivity index (χ1n) is 12.5. The average molecular weight is 524 g/mol. The van der Waals surface area contributed by atoms with Crippen molar-refractivity contribution in [2.75, 3.05) is 7.11 Å². The summed E-state index contributed by atoms with van der Waals surface area (Å²) in [5, 5.41) is 0.781. The summed E-state index contributed by atoms with van der Waals surface area (Å²) in [4.78, 5) is 22.2. The van der Waals surface area contributed by atoms with Gasteiger partial charge in [-0.2, -0.15) is 0 Å². The van der Waals surface area contributed by atoms with Gasteiger partial charge in [0.15, 0.2) is 5.82 Å². The number of nitrogens with two attached hydrogens (primary N) is 1. The second-order valence-corrected chi connectivity index (χ2v) is 10.1. The first-order chi connectivity index (χ1) is 18.0. The fourth-order valence-corrected chi connectivity index (χ4v) is 5.03. The third kappa shape index (κ3) is 4.13. The van der Waals surface area contributed by atoms with Crippen molar-refractivity contribution in [3.63, 3.8) is 0 Å². The van der Waals surface area contributed by atoms with Crippen LogP contribution in [0.25, 0.3) is 33.6 Å². The minimum atomic E-state index is -2.84. The van der Waals surface area contributed by atoms with Crippen LogP contribution >= 0.6 is 0 Å². The number of alkyl halides is 2. The zero-order valence-electron chi connectivity index (χ0n) is 22.0. The molecule has 38 heavy (non-hydrogen) atoms. The molecule has 0 bridgehead atoms. The highest BCUT2D eigenvalue weighted by atomic mass is 19.3. The number of halogens is 2. The van der Waals surface area contributed by atoms with Crippen molar-refractivity contribution < 1.29 is 23.0 Å². The summed E-state index contributed by atoms with van der Waals surface area (Å²) in [6.45, 7) is 9.00. The second-order valence-electron chi connectivity index (χ2n) is 10.1. The Labute approximate surface area is 219 Å². The monoisotopic (exact) mass is 523 g/mol. The van der Waals surface area contributed by atoms with Crippen LogP contribution in [0.4, 0.5) is 8.78 Å². The van der Waals surface area contributed by atoms with Gasteiger partial charge in [0.05, 0.1) is 47.5 Å². The van der Waals surface area contributed by atoms with Crippen LogP contribution in [-0.4, -0.2) is 44.2 Å². The van der Waals surface area contributed by atoms with E-state index in [1.165, 1.54) is 13.2 Å². The smallest absolute Gasteiger partial charge is 0.338 e. The van der Waals surface area contributed by atoms with E-state index in [0.717, 1.165) is 5.39 Å². The van der Waals surface area contributed by atoms with Gasteiger partial charge >= 0.3 is 5.97 Å². The second kappa shape index (κ2) is 9.20. The van der Waals surface area contributed by atoms with E-state index in [0.29, 0.717) is 45.2 Å². The molecule has 0 amide bonds. The Kier molecular flexibility index (Phi) is 6.25. The highest BCUT2D eigenvalue weighted by Crippen LogP contribution is 2.57. The minimum Gasteiger partial charge on any atom is -0.494 e. The summed E-state index contributed by atoms with van der Waals surface area (Å²) >= 11 is 0. The average Bonchev–Trinajstić information content (AvgIpc) is 3.10. The molecule has 0 radical (unpaired) electrons. The van der Waals surface area contributed by atoms with Crippen LogP contribution in [0.5, 0.6) is 5.75 Å². The lowest BCUT2D eigenvalue weighted by molar-refractivity contribution is 0.0377. The summed E-state index contributed by atoms with van der Waals surface area (Å²) in [6, 6.07) is 8.56. The van der Waals surface area contributed by atoms with Gasteiger partial charge in [0, 0.05) is 25.0 Å². The highest BCUT2D eigenvalue weighted by molar-refractivity contribution is 5.97. The van der Waals surface area contributed by atoms with Gasteiger partial charge in [-0.3, -0.25) is 0 Å². The van der Waals surface area contributed by atoms with Crippen molar-refractivity contribution in [2.45, 2.75) is 45.4 Å². The third-order valence-corrected chi connectivity index (χ3v) is 7.09. The number of methoxy groups -OCH3 is 1. The van der Waals surface area contributed by atoms with Crippen molar-refractivity contribution >= 4 is 28.0 Å². The fourth-order valence-electron chi connectivity index (χ4n) is 5.03. The van der Waals surface area contributed by atoms with Crippen LogP contribution in [0.3, 0.4) is 0 Å². The van der Waals surface area contributed by atoms with Gasteiger partial charge in [-0.25, -0.2) is 23.5 Å². The van der Waals surface area contributed by atoms with Crippen molar-refractivity contribution in [3.8, 4) is 17.3 Å². The van der Waals surface area contributed by atoms with Crippen LogP contribution in [0.2, 0.25) is 0 Å². The van der Waals surface area contributed by atoms with E-state index in [9.17, 15) is 13.6 Å². The van der Waals surface area contributed by atoms with E-state index in [-0.39, 0.29) is 18.7 Å². The molecule has 1 aromatic carbocycles. The van der Waals surface area contributed by atoms with Crippen molar-refractivity contribution in [1.82, 2.24) is 19.1 Å². The number of fused-ring (bicyclic) bond motifs is 2. The van der Waals surface area contributed by atoms with Gasteiger partial charge < -0.3 is 24.3 Å². The number of allylic oxidation sites excluding steroid dienone is 1. The molecule has 3 heterocycles. The minimum absolute atomic E-state index is 0.0320. The van der Waals surface area contributed by atoms with Crippen LogP contribution in [0, 0.1) is 11.8 Å². The van der Waals surface area contributed by atoms with Gasteiger partial charge in [0.25, 0.3) is 5.92 Å². The van der Waals surface area contributed by atoms with Crippen LogP contribution in [0.15, 0.2) is 43.0 Å². The summed E-state index contributed by atoms with van der Waals surface area (Å²) in [5.41, 5.74) is 9.39. The Morgan fingerprint density at radius 2 is 1.97 bits per heavy atom. The maximum absolute atomic E-state index is 14.5. The first kappa shape index (κ1) is 25.8. The lowest BCUT2D eigenvalue weighted by Crippen LogP contribution is -2.11. The van der Waals surface area contributed by atoms with Crippen LogP contribution in [0.1, 0.15) is 42.9 Å². The summed E-state index contributed by atoms with van der Waals surface area (Å²) in [5.74, 6) is -4.17. The van der Waals surface area contributed by atoms with Gasteiger partial charge in [0.1, 0.15) is 16.9 Å². The standard InChI is InChI=1S/C28H31F2N5O3/c1-7-18-19(28(18,29)30)13-35-22(11-16-8-9-20(15(4)31)32-25(16)35)26-33-21-10-17(27(36)38-14(2)3)12-23(37-6)24(21)34(26)5/h7-12,14-15,18-19H,1,13,31H2,2-6H3/t15-,18+,19+/m1/s1. The van der Waals surface area contributed by atoms with Crippen molar-refractivity contribution in [2.24, 2.45) is 24.6 Å². The number of aromatic nitrogens is 4. The Hall–Kier alpha value is -3.79. The molecule has 1 aliphatic rings. The van der Waals surface area contributed by atoms with E-state index in [2.05, 4.69) is 6.58 Å². The molecule has 0 spiro atoms. The fraction of sp³-hybridized carbons (Fsp3) is 0.393. The topological polar surface area (TPSA) is 97.2 Å². The molecule has 1 saturated carbocycles. The number of imidazole rings is 1. The predicted molar refractivity (Wildman–Crippen MR) is 141 cm³/mol. The molecule has 8 nitrogen and oxygen atoms in total. The SMILES string of the molecule is C=C[C@H]1[C@H](Cn2c(-c3nc4cc(C(=O)OC(C)C)cc(OC)c4n3C)cc3ccc([C@@H](C)N)nc32)C1(F)F. The lowest BCUT2D eigenvalue weighted by Gasteiger charge is -2.12. The third-order valence-electron chi connectivity index (χ3n) is 7.09. The summed E-state index contributed by atoms with van der Waals surface area (Å²) in [6.07, 6.45) is 1.03. The number of nitrogens with zero attached hydrogens (tertiary/aromatic N) is 4. The lowest BCUT2D eigenvalue weighted by atomic mass is 10.2. The zero-order valence-corrected chi connectivity index (χ0v) is 22.0. The van der Waals surface area contributed by atoms with E-state index < -0.39 is 23.7 Å². The maximum Gasteiger partial charge on any atom is 0.338 e. The highest BCUT2D eigenvalue weighted by Gasteiger charge is 2.66. The molecule has 0 aliphatic heterocycles. The molecular weight excluding hydrogens is 492 g/mol. The molecule has 5 rings (SSSR count). The van der Waals surface area contributed by atoms with E-state index in [1.807, 2.05) is 36.7 Å². The number of hydrogen-bond acceptors (Lipinski definition) is 6. The molecule has 3 atom stereocenters. The largest absolute Gasteiger partial charge is 0.494 e. The van der Waals surface area contributed by atoms with Gasteiger partial charge in [-0.1, -0.05) is 6.08 Å². The van der Waals surface area contributed by atoms with E-state index in [4.69, 9.17) is 25.2 Å². The van der Waals surface area contributed by atoms with Crippen LogP contribution in [-0.2, 0) is 18.3 Å². The number of pyridine rings is 1. The number of carbonyl (C=O) groups is 1. The number of rotatable bonds is 8. The molecule has 1 fully saturated rings. The summed E-state index contributed by atoms with van der Waals surface area (Å²) < 4.78 is 43.7. The molecule has 0 saturated heterocycles. The molecule has 0 unspecified atom stereocenters. The number of aryl methyl sites for hydroxylation is 1. The Morgan fingerprint density at radius 3 is 2.58 bits per heavy atom. The maximum atomic E-state index is 14.5. The van der Waals surface area contributed by atoms with Crippen molar-refractivity contribution in [3.05, 3.63) is 54.2 Å². The predicted octanol–water partition coefficient (Wildman–Crippen LogP) is 5.25. The number of esters is 1. The molecule has 4 aromatic rings. The normalized spacial score (nSPS) is 19.2. The van der Waals surface area contributed by atoms with E-state index in [1.54, 1.807) is 30.5 Å². The van der Waals surface area contributed by atoms with Gasteiger partial charge in [-0.05, 0) is 51.1 Å². The quantitative estimate of drug-likeness (QED) is 0.250. The Morgan fingerprint density at radius 1 is 1.24 bits per heavy atom. The molecule has 3 aromatic heterocycles. The molecule has 1 aliphatic carbocycles. The number of benzene rings is 1. The Balaban J connectivity index is 1.70. The summed E-state index contributed by atoms with van der Waals surface area (Å²) in [7, 11) is 3.33. The van der Waals surface area contributed by atoms with Crippen molar-refractivity contribution in [1.29, 1.82) is 0 Å². The molecule has 200 valence electrons. The Bertz CT molecular complexity index is 1570. The number of hydrogen-bond donors (Lipinski definition) is 1. The number of carbonyl (C=O) groups excluding carboxylic acids is 1.